The molecule has 0 radical (unpaired) electrons. The number of methoxy groups -OCH3 is 1. The highest BCUT2D eigenvalue weighted by molar-refractivity contribution is 5.60. The van der Waals surface area contributed by atoms with Gasteiger partial charge in [-0.05, 0) is 19.3 Å². The van der Waals surface area contributed by atoms with Gasteiger partial charge in [-0.3, -0.25) is 10.1 Å². The van der Waals surface area contributed by atoms with E-state index in [0.29, 0.717) is 6.54 Å². The molecule has 8 heteroatoms. The number of rotatable bonds is 6. The zero-order chi connectivity index (χ0) is 13.7. The van der Waals surface area contributed by atoms with E-state index in [4.69, 9.17) is 9.47 Å². The highest BCUT2D eigenvalue weighted by Gasteiger charge is 2.24. The Balaban J connectivity index is 2.00. The van der Waals surface area contributed by atoms with E-state index >= 15 is 0 Å². The summed E-state index contributed by atoms with van der Waals surface area (Å²) >= 11 is 0. The first-order chi connectivity index (χ1) is 9.22. The normalized spacial score (nSPS) is 18.3. The van der Waals surface area contributed by atoms with E-state index in [0.717, 1.165) is 25.9 Å². The molecule has 8 nitrogen and oxygen atoms in total. The smallest absolute Gasteiger partial charge is 0.372 e. The van der Waals surface area contributed by atoms with Crippen LogP contribution in [-0.2, 0) is 4.74 Å². The molecule has 0 amide bonds. The van der Waals surface area contributed by atoms with Crippen LogP contribution in [0.2, 0.25) is 0 Å². The number of ether oxygens (including phenoxy) is 2. The van der Waals surface area contributed by atoms with Gasteiger partial charge in [0.05, 0.1) is 18.1 Å². The minimum absolute atomic E-state index is 0.0420. The number of aromatic nitrogens is 2. The third-order valence-electron chi connectivity index (χ3n) is 2.95. The Morgan fingerprint density at radius 1 is 1.63 bits per heavy atom. The highest BCUT2D eigenvalue weighted by Crippen LogP contribution is 2.30. The molecule has 1 aliphatic heterocycles. The van der Waals surface area contributed by atoms with E-state index in [9.17, 15) is 10.1 Å². The van der Waals surface area contributed by atoms with Crippen LogP contribution in [0.15, 0.2) is 6.33 Å². The van der Waals surface area contributed by atoms with Gasteiger partial charge in [0.25, 0.3) is 5.88 Å². The molecular weight excluding hydrogens is 252 g/mol. The molecule has 0 aliphatic carbocycles. The molecule has 1 atom stereocenters. The molecule has 0 aromatic carbocycles. The fourth-order valence-corrected chi connectivity index (χ4v) is 2.03. The van der Waals surface area contributed by atoms with Crippen LogP contribution in [0, 0.1) is 10.1 Å². The maximum atomic E-state index is 11.0. The van der Waals surface area contributed by atoms with Crippen LogP contribution in [0.3, 0.4) is 0 Å². The van der Waals surface area contributed by atoms with Crippen LogP contribution in [0.5, 0.6) is 5.88 Å². The van der Waals surface area contributed by atoms with Gasteiger partial charge in [-0.2, -0.15) is 4.98 Å². The van der Waals surface area contributed by atoms with Gasteiger partial charge in [-0.15, -0.1) is 0 Å². The van der Waals surface area contributed by atoms with Gasteiger partial charge in [0.1, 0.15) is 6.33 Å². The lowest BCUT2D eigenvalue weighted by Gasteiger charge is -2.11. The summed E-state index contributed by atoms with van der Waals surface area (Å²) in [6, 6.07) is 0. The van der Waals surface area contributed by atoms with Gasteiger partial charge in [0.15, 0.2) is 0 Å². The van der Waals surface area contributed by atoms with Crippen molar-refractivity contribution in [1.82, 2.24) is 9.97 Å². The molecule has 19 heavy (non-hydrogen) atoms. The summed E-state index contributed by atoms with van der Waals surface area (Å²) in [6.45, 7) is 1.36. The fourth-order valence-electron chi connectivity index (χ4n) is 2.03. The van der Waals surface area contributed by atoms with Crippen LogP contribution in [0.25, 0.3) is 0 Å². The summed E-state index contributed by atoms with van der Waals surface area (Å²) in [7, 11) is 1.34. The van der Waals surface area contributed by atoms with E-state index in [1.54, 1.807) is 0 Å². The summed E-state index contributed by atoms with van der Waals surface area (Å²) in [6.07, 6.45) is 4.38. The molecular formula is C11H16N4O4. The van der Waals surface area contributed by atoms with Crippen LogP contribution in [0.1, 0.15) is 19.3 Å². The number of nitrogens with one attached hydrogen (secondary N) is 1. The lowest BCUT2D eigenvalue weighted by molar-refractivity contribution is -0.385. The van der Waals surface area contributed by atoms with Crippen molar-refractivity contribution in [2.24, 2.45) is 0 Å². The molecule has 1 saturated heterocycles. The molecule has 1 aromatic heterocycles. The van der Waals surface area contributed by atoms with Gasteiger partial charge in [0.2, 0.25) is 5.82 Å². The van der Waals surface area contributed by atoms with Gasteiger partial charge in [-0.25, -0.2) is 4.98 Å². The van der Waals surface area contributed by atoms with E-state index in [2.05, 4.69) is 15.3 Å². The first-order valence-electron chi connectivity index (χ1n) is 6.11. The molecule has 0 spiro atoms. The average Bonchev–Trinajstić information content (AvgIpc) is 2.91. The molecule has 1 fully saturated rings. The van der Waals surface area contributed by atoms with Crippen molar-refractivity contribution in [2.45, 2.75) is 25.4 Å². The predicted molar refractivity (Wildman–Crippen MR) is 67.3 cm³/mol. The third-order valence-corrected chi connectivity index (χ3v) is 2.95. The Kier molecular flexibility index (Phi) is 4.45. The van der Waals surface area contributed by atoms with Crippen LogP contribution >= 0.6 is 0 Å². The SMILES string of the molecule is COc1ncnc(NCCC2CCCO2)c1[N+](=O)[O-]. The Hall–Kier alpha value is -1.96. The van der Waals surface area contributed by atoms with Crippen molar-refractivity contribution >= 4 is 11.5 Å². The molecule has 1 aliphatic rings. The lowest BCUT2D eigenvalue weighted by Crippen LogP contribution is -2.14. The summed E-state index contributed by atoms with van der Waals surface area (Å²) in [5.41, 5.74) is -0.239. The van der Waals surface area contributed by atoms with E-state index in [1.807, 2.05) is 0 Å². The average molecular weight is 268 g/mol. The maximum Gasteiger partial charge on any atom is 0.372 e. The van der Waals surface area contributed by atoms with Crippen molar-refractivity contribution in [3.05, 3.63) is 16.4 Å². The Labute approximate surface area is 110 Å². The monoisotopic (exact) mass is 268 g/mol. The summed E-state index contributed by atoms with van der Waals surface area (Å²) in [5.74, 6) is 0.134. The van der Waals surface area contributed by atoms with Crippen LogP contribution < -0.4 is 10.1 Å². The summed E-state index contributed by atoms with van der Waals surface area (Å²) < 4.78 is 10.4. The van der Waals surface area contributed by atoms with Gasteiger partial charge in [-0.1, -0.05) is 0 Å². The molecule has 1 aromatic rings. The minimum atomic E-state index is -0.548. The van der Waals surface area contributed by atoms with Crippen molar-refractivity contribution in [3.63, 3.8) is 0 Å². The number of hydrogen-bond acceptors (Lipinski definition) is 7. The quantitative estimate of drug-likeness (QED) is 0.614. The molecule has 0 saturated carbocycles. The molecule has 104 valence electrons. The minimum Gasteiger partial charge on any atom is -0.476 e. The van der Waals surface area contributed by atoms with E-state index in [-0.39, 0.29) is 23.5 Å². The number of nitro groups is 1. The van der Waals surface area contributed by atoms with Crippen LogP contribution in [0.4, 0.5) is 11.5 Å². The third kappa shape index (κ3) is 3.28. The van der Waals surface area contributed by atoms with Gasteiger partial charge < -0.3 is 14.8 Å². The van der Waals surface area contributed by atoms with Crippen molar-refractivity contribution < 1.29 is 14.4 Å². The number of hydrogen-bond donors (Lipinski definition) is 1. The summed E-state index contributed by atoms with van der Waals surface area (Å²) in [4.78, 5) is 18.1. The first-order valence-corrected chi connectivity index (χ1v) is 6.11. The van der Waals surface area contributed by atoms with Crippen LogP contribution in [-0.4, -0.2) is 41.3 Å². The zero-order valence-electron chi connectivity index (χ0n) is 10.7. The standard InChI is InChI=1S/C11H16N4O4/c1-18-11-9(15(16)17)10(13-7-14-11)12-5-4-8-3-2-6-19-8/h7-8H,2-6H2,1H3,(H,12,13,14). The van der Waals surface area contributed by atoms with Crippen molar-refractivity contribution in [2.75, 3.05) is 25.6 Å². The Bertz CT molecular complexity index is 448. The maximum absolute atomic E-state index is 11.0. The van der Waals surface area contributed by atoms with E-state index < -0.39 is 4.92 Å². The largest absolute Gasteiger partial charge is 0.476 e. The number of anilines is 1. The topological polar surface area (TPSA) is 99.4 Å². The van der Waals surface area contributed by atoms with Gasteiger partial charge >= 0.3 is 5.69 Å². The second kappa shape index (κ2) is 6.28. The predicted octanol–water partition coefficient (Wildman–Crippen LogP) is 1.37. The lowest BCUT2D eigenvalue weighted by atomic mass is 10.2. The first kappa shape index (κ1) is 13.5. The number of nitrogens with zero attached hydrogens (tertiary/aromatic N) is 3. The van der Waals surface area contributed by atoms with E-state index in [1.165, 1.54) is 13.4 Å². The molecule has 0 bridgehead atoms. The molecule has 2 rings (SSSR count). The summed E-state index contributed by atoms with van der Waals surface area (Å²) in [5, 5.41) is 13.9. The second-order valence-electron chi connectivity index (χ2n) is 4.19. The highest BCUT2D eigenvalue weighted by atomic mass is 16.6. The van der Waals surface area contributed by atoms with Gasteiger partial charge in [0, 0.05) is 13.2 Å². The molecule has 1 unspecified atom stereocenters. The molecule has 1 N–H and O–H groups in total. The Morgan fingerprint density at radius 2 is 2.47 bits per heavy atom. The second-order valence-corrected chi connectivity index (χ2v) is 4.19. The van der Waals surface area contributed by atoms with Crippen molar-refractivity contribution in [3.8, 4) is 5.88 Å². The van der Waals surface area contributed by atoms with Crippen molar-refractivity contribution in [1.29, 1.82) is 0 Å². The Morgan fingerprint density at radius 3 is 3.11 bits per heavy atom. The zero-order valence-corrected chi connectivity index (χ0v) is 10.7. The molecule has 2 heterocycles. The fraction of sp³-hybridized carbons (Fsp3) is 0.636.